The minimum atomic E-state index is -0.552. The SMILES string of the molecule is O=C(c1cscn1)N1CCCC(CCc2ccc(F)cc2F)C1. The fraction of sp³-hybridized carbons (Fsp3) is 0.412. The van der Waals surface area contributed by atoms with Gasteiger partial charge in [-0.05, 0) is 43.2 Å². The summed E-state index contributed by atoms with van der Waals surface area (Å²) in [6.45, 7) is 1.43. The van der Waals surface area contributed by atoms with Crippen molar-refractivity contribution in [3.05, 3.63) is 52.0 Å². The van der Waals surface area contributed by atoms with E-state index in [-0.39, 0.29) is 5.91 Å². The second-order valence-electron chi connectivity index (χ2n) is 5.91. The molecule has 3 nitrogen and oxygen atoms in total. The van der Waals surface area contributed by atoms with E-state index in [0.29, 0.717) is 30.1 Å². The summed E-state index contributed by atoms with van der Waals surface area (Å²) in [7, 11) is 0. The number of aromatic nitrogens is 1. The summed E-state index contributed by atoms with van der Waals surface area (Å²) in [6, 6.07) is 3.72. The zero-order valence-electron chi connectivity index (χ0n) is 12.7. The quantitative estimate of drug-likeness (QED) is 0.848. The van der Waals surface area contributed by atoms with Gasteiger partial charge in [0.25, 0.3) is 5.91 Å². The van der Waals surface area contributed by atoms with E-state index < -0.39 is 11.6 Å². The number of likely N-dealkylation sites (tertiary alicyclic amines) is 1. The molecule has 1 unspecified atom stereocenters. The lowest BCUT2D eigenvalue weighted by Gasteiger charge is -2.32. The third-order valence-electron chi connectivity index (χ3n) is 4.29. The maximum absolute atomic E-state index is 13.7. The summed E-state index contributed by atoms with van der Waals surface area (Å²) >= 11 is 1.41. The fourth-order valence-corrected chi connectivity index (χ4v) is 3.58. The fourth-order valence-electron chi connectivity index (χ4n) is 3.05. The van der Waals surface area contributed by atoms with Crippen LogP contribution >= 0.6 is 11.3 Å². The molecule has 122 valence electrons. The third-order valence-corrected chi connectivity index (χ3v) is 4.88. The smallest absolute Gasteiger partial charge is 0.273 e. The zero-order chi connectivity index (χ0) is 16.2. The molecule has 3 rings (SSSR count). The first kappa shape index (κ1) is 16.1. The normalized spacial score (nSPS) is 18.2. The van der Waals surface area contributed by atoms with E-state index in [1.54, 1.807) is 10.9 Å². The van der Waals surface area contributed by atoms with Gasteiger partial charge in [-0.2, -0.15) is 0 Å². The Bertz CT molecular complexity index is 675. The van der Waals surface area contributed by atoms with E-state index in [0.717, 1.165) is 31.9 Å². The van der Waals surface area contributed by atoms with Gasteiger partial charge in [-0.3, -0.25) is 4.79 Å². The lowest BCUT2D eigenvalue weighted by atomic mass is 9.91. The molecular formula is C17H18F2N2OS. The van der Waals surface area contributed by atoms with Crippen LogP contribution in [0.5, 0.6) is 0 Å². The van der Waals surface area contributed by atoms with Gasteiger partial charge in [-0.1, -0.05) is 6.07 Å². The Hall–Kier alpha value is -1.82. The first-order chi connectivity index (χ1) is 11.1. The van der Waals surface area contributed by atoms with Crippen LogP contribution in [0, 0.1) is 17.6 Å². The van der Waals surface area contributed by atoms with Crippen molar-refractivity contribution < 1.29 is 13.6 Å². The van der Waals surface area contributed by atoms with Gasteiger partial charge in [0.05, 0.1) is 5.51 Å². The lowest BCUT2D eigenvalue weighted by molar-refractivity contribution is 0.0663. The molecular weight excluding hydrogens is 318 g/mol. The average molecular weight is 336 g/mol. The average Bonchev–Trinajstić information content (AvgIpc) is 3.08. The van der Waals surface area contributed by atoms with Crippen molar-refractivity contribution in [3.63, 3.8) is 0 Å². The molecule has 1 aromatic heterocycles. The number of carbonyl (C=O) groups is 1. The molecule has 23 heavy (non-hydrogen) atoms. The molecule has 1 atom stereocenters. The van der Waals surface area contributed by atoms with Crippen LogP contribution in [0.15, 0.2) is 29.1 Å². The maximum Gasteiger partial charge on any atom is 0.273 e. The summed E-state index contributed by atoms with van der Waals surface area (Å²) < 4.78 is 26.6. The number of benzene rings is 1. The molecule has 6 heteroatoms. The van der Waals surface area contributed by atoms with Crippen molar-refractivity contribution in [2.45, 2.75) is 25.7 Å². The van der Waals surface area contributed by atoms with E-state index >= 15 is 0 Å². The molecule has 0 N–H and O–H groups in total. The largest absolute Gasteiger partial charge is 0.337 e. The van der Waals surface area contributed by atoms with E-state index in [4.69, 9.17) is 0 Å². The topological polar surface area (TPSA) is 33.2 Å². The number of hydrogen-bond acceptors (Lipinski definition) is 3. The number of piperidine rings is 1. The Morgan fingerprint density at radius 1 is 1.39 bits per heavy atom. The Morgan fingerprint density at radius 2 is 2.26 bits per heavy atom. The maximum atomic E-state index is 13.7. The lowest BCUT2D eigenvalue weighted by Crippen LogP contribution is -2.40. The minimum Gasteiger partial charge on any atom is -0.337 e. The number of hydrogen-bond donors (Lipinski definition) is 0. The highest BCUT2D eigenvalue weighted by molar-refractivity contribution is 7.07. The molecule has 0 aliphatic carbocycles. The van der Waals surface area contributed by atoms with Crippen LogP contribution in [-0.4, -0.2) is 28.9 Å². The summed E-state index contributed by atoms with van der Waals surface area (Å²) in [6.07, 6.45) is 3.34. The van der Waals surface area contributed by atoms with Crippen molar-refractivity contribution in [3.8, 4) is 0 Å². The first-order valence-corrected chi connectivity index (χ1v) is 8.69. The van der Waals surface area contributed by atoms with Crippen LogP contribution in [-0.2, 0) is 6.42 Å². The predicted molar refractivity (Wildman–Crippen MR) is 85.4 cm³/mol. The highest BCUT2D eigenvalue weighted by Crippen LogP contribution is 2.24. The van der Waals surface area contributed by atoms with Gasteiger partial charge in [-0.15, -0.1) is 11.3 Å². The molecule has 2 aromatic rings. The van der Waals surface area contributed by atoms with Gasteiger partial charge in [0.15, 0.2) is 0 Å². The van der Waals surface area contributed by atoms with Crippen LogP contribution < -0.4 is 0 Å². The van der Waals surface area contributed by atoms with Gasteiger partial charge < -0.3 is 4.90 Å². The number of halogens is 2. The predicted octanol–water partition coefficient (Wildman–Crippen LogP) is 3.91. The van der Waals surface area contributed by atoms with E-state index in [1.165, 1.54) is 23.5 Å². The summed E-state index contributed by atoms with van der Waals surface area (Å²) in [5, 5.41) is 1.76. The molecule has 1 fully saturated rings. The van der Waals surface area contributed by atoms with E-state index in [1.807, 2.05) is 4.90 Å². The van der Waals surface area contributed by atoms with Crippen molar-refractivity contribution in [1.82, 2.24) is 9.88 Å². The van der Waals surface area contributed by atoms with E-state index in [2.05, 4.69) is 4.98 Å². The zero-order valence-corrected chi connectivity index (χ0v) is 13.5. The molecule has 0 saturated carbocycles. The first-order valence-electron chi connectivity index (χ1n) is 7.75. The molecule has 1 aliphatic heterocycles. The number of rotatable bonds is 4. The highest BCUT2D eigenvalue weighted by Gasteiger charge is 2.25. The second kappa shape index (κ2) is 7.17. The summed E-state index contributed by atoms with van der Waals surface area (Å²) in [4.78, 5) is 18.3. The van der Waals surface area contributed by atoms with Crippen molar-refractivity contribution in [2.24, 2.45) is 5.92 Å². The molecule has 2 heterocycles. The number of carbonyl (C=O) groups excluding carboxylic acids is 1. The van der Waals surface area contributed by atoms with Crippen molar-refractivity contribution in [2.75, 3.05) is 13.1 Å². The summed E-state index contributed by atoms with van der Waals surface area (Å²) in [5.41, 5.74) is 2.70. The molecule has 1 aliphatic rings. The third kappa shape index (κ3) is 3.93. The van der Waals surface area contributed by atoms with Crippen LogP contribution in [0.1, 0.15) is 35.3 Å². The Kier molecular flexibility index (Phi) is 5.00. The Balaban J connectivity index is 1.57. The number of amides is 1. The monoisotopic (exact) mass is 336 g/mol. The number of nitrogens with zero attached hydrogens (tertiary/aromatic N) is 2. The van der Waals surface area contributed by atoms with Gasteiger partial charge in [0.1, 0.15) is 17.3 Å². The highest BCUT2D eigenvalue weighted by atomic mass is 32.1. The van der Waals surface area contributed by atoms with Crippen molar-refractivity contribution in [1.29, 1.82) is 0 Å². The van der Waals surface area contributed by atoms with Crippen LogP contribution in [0.25, 0.3) is 0 Å². The second-order valence-corrected chi connectivity index (χ2v) is 6.63. The molecule has 0 spiro atoms. The van der Waals surface area contributed by atoms with Crippen LogP contribution in [0.3, 0.4) is 0 Å². The van der Waals surface area contributed by atoms with Crippen LogP contribution in [0.2, 0.25) is 0 Å². The molecule has 0 radical (unpaired) electrons. The van der Waals surface area contributed by atoms with Crippen molar-refractivity contribution >= 4 is 17.2 Å². The van der Waals surface area contributed by atoms with E-state index in [9.17, 15) is 13.6 Å². The van der Waals surface area contributed by atoms with Gasteiger partial charge in [0, 0.05) is 24.5 Å². The van der Waals surface area contributed by atoms with Gasteiger partial charge >= 0.3 is 0 Å². The Morgan fingerprint density at radius 3 is 3.00 bits per heavy atom. The summed E-state index contributed by atoms with van der Waals surface area (Å²) in [5.74, 6) is -0.722. The number of aryl methyl sites for hydroxylation is 1. The molecule has 1 saturated heterocycles. The van der Waals surface area contributed by atoms with Crippen LogP contribution in [0.4, 0.5) is 8.78 Å². The number of thiazole rings is 1. The molecule has 1 aromatic carbocycles. The standard InChI is InChI=1S/C17H18F2N2OS/c18-14-6-5-13(15(19)8-14)4-3-12-2-1-7-21(9-12)17(22)16-10-23-11-20-16/h5-6,8,10-12H,1-4,7,9H2. The molecule has 1 amide bonds. The minimum absolute atomic E-state index is 0.0242. The van der Waals surface area contributed by atoms with Gasteiger partial charge in [0.2, 0.25) is 0 Å². The van der Waals surface area contributed by atoms with Gasteiger partial charge in [-0.25, -0.2) is 13.8 Å². The molecule has 0 bridgehead atoms. The Labute approximate surface area is 138 Å².